The molecule has 6 nitrogen and oxygen atoms in total. The Morgan fingerprint density at radius 3 is 2.45 bits per heavy atom. The van der Waals surface area contributed by atoms with Gasteiger partial charge in [-0.1, -0.05) is 12.1 Å². The van der Waals surface area contributed by atoms with Gasteiger partial charge in [0.25, 0.3) is 0 Å². The van der Waals surface area contributed by atoms with Gasteiger partial charge in [0.05, 0.1) is 23.8 Å². The largest absolute Gasteiger partial charge is 0.462 e. The molecule has 0 aliphatic heterocycles. The molecular weight excluding hydrogens is 364 g/mol. The minimum absolute atomic E-state index is 0.322. The third kappa shape index (κ3) is 4.96. The van der Waals surface area contributed by atoms with Crippen molar-refractivity contribution >= 4 is 17.5 Å². The molecule has 0 radical (unpaired) electrons. The van der Waals surface area contributed by atoms with E-state index in [1.807, 2.05) is 38.1 Å². The monoisotopic (exact) mass is 386 g/mol. The SMILES string of the molecule is CCOC(=O)c1cc(C)c(Nc2ccnc(Cc3ccc(C#N)cc3)n2)c(C)c1. The third-order valence-corrected chi connectivity index (χ3v) is 4.45. The Morgan fingerprint density at radius 1 is 1.14 bits per heavy atom. The second-order valence-electron chi connectivity index (χ2n) is 6.67. The highest BCUT2D eigenvalue weighted by Crippen LogP contribution is 2.26. The van der Waals surface area contributed by atoms with Crippen LogP contribution >= 0.6 is 0 Å². The van der Waals surface area contributed by atoms with Crippen LogP contribution in [-0.4, -0.2) is 22.5 Å². The Kier molecular flexibility index (Phi) is 6.20. The van der Waals surface area contributed by atoms with E-state index in [0.29, 0.717) is 35.8 Å². The molecule has 0 spiro atoms. The highest BCUT2D eigenvalue weighted by Gasteiger charge is 2.12. The summed E-state index contributed by atoms with van der Waals surface area (Å²) < 4.78 is 5.09. The second kappa shape index (κ2) is 8.98. The van der Waals surface area contributed by atoms with Crippen molar-refractivity contribution in [3.8, 4) is 6.07 Å². The number of ether oxygens (including phenoxy) is 1. The molecule has 0 saturated carbocycles. The number of aryl methyl sites for hydroxylation is 2. The number of nitrogens with one attached hydrogen (secondary N) is 1. The third-order valence-electron chi connectivity index (χ3n) is 4.45. The van der Waals surface area contributed by atoms with Gasteiger partial charge < -0.3 is 10.1 Å². The predicted molar refractivity (Wildman–Crippen MR) is 111 cm³/mol. The fraction of sp³-hybridized carbons (Fsp3) is 0.217. The van der Waals surface area contributed by atoms with E-state index >= 15 is 0 Å². The van der Waals surface area contributed by atoms with Crippen LogP contribution in [0.5, 0.6) is 0 Å². The first-order chi connectivity index (χ1) is 14.0. The first kappa shape index (κ1) is 20.0. The van der Waals surface area contributed by atoms with Crippen molar-refractivity contribution in [3.63, 3.8) is 0 Å². The van der Waals surface area contributed by atoms with E-state index in [2.05, 4.69) is 21.4 Å². The fourth-order valence-electron chi connectivity index (χ4n) is 3.05. The summed E-state index contributed by atoms with van der Waals surface area (Å²) in [5, 5.41) is 12.2. The number of carbonyl (C=O) groups is 1. The maximum Gasteiger partial charge on any atom is 0.338 e. The van der Waals surface area contributed by atoms with Crippen molar-refractivity contribution < 1.29 is 9.53 Å². The molecule has 6 heteroatoms. The lowest BCUT2D eigenvalue weighted by molar-refractivity contribution is 0.0526. The van der Waals surface area contributed by atoms with Gasteiger partial charge >= 0.3 is 5.97 Å². The summed E-state index contributed by atoms with van der Waals surface area (Å²) in [5.41, 5.74) is 4.97. The molecular formula is C23H22N4O2. The predicted octanol–water partition coefficient (Wildman–Crippen LogP) is 4.48. The standard InChI is InChI=1S/C23H22N4O2/c1-4-29-23(28)19-11-15(2)22(16(3)12-19)27-20-9-10-25-21(26-20)13-17-5-7-18(14-24)8-6-17/h5-12H,4,13H2,1-3H3,(H,25,26,27). The number of aromatic nitrogens is 2. The van der Waals surface area contributed by atoms with Crippen molar-refractivity contribution in [1.29, 1.82) is 5.26 Å². The van der Waals surface area contributed by atoms with Gasteiger partial charge in [-0.05, 0) is 67.8 Å². The van der Waals surface area contributed by atoms with Crippen molar-refractivity contribution in [3.05, 3.63) is 82.3 Å². The summed E-state index contributed by atoms with van der Waals surface area (Å²) in [4.78, 5) is 20.9. The number of rotatable bonds is 6. The molecule has 0 bridgehead atoms. The summed E-state index contributed by atoms with van der Waals surface area (Å²) >= 11 is 0. The molecule has 3 aromatic rings. The summed E-state index contributed by atoms with van der Waals surface area (Å²) in [7, 11) is 0. The molecule has 0 atom stereocenters. The van der Waals surface area contributed by atoms with E-state index in [0.717, 1.165) is 22.4 Å². The number of hydrogen-bond donors (Lipinski definition) is 1. The van der Waals surface area contributed by atoms with Crippen molar-refractivity contribution in [1.82, 2.24) is 9.97 Å². The topological polar surface area (TPSA) is 87.9 Å². The highest BCUT2D eigenvalue weighted by atomic mass is 16.5. The molecule has 2 aromatic carbocycles. The summed E-state index contributed by atoms with van der Waals surface area (Å²) in [6, 6.07) is 14.9. The molecule has 0 unspecified atom stereocenters. The molecule has 146 valence electrons. The highest BCUT2D eigenvalue weighted by molar-refractivity contribution is 5.91. The van der Waals surface area contributed by atoms with E-state index in [1.165, 1.54) is 0 Å². The Bertz CT molecular complexity index is 1050. The van der Waals surface area contributed by atoms with Crippen LogP contribution in [0, 0.1) is 25.2 Å². The average molecular weight is 386 g/mol. The van der Waals surface area contributed by atoms with E-state index in [9.17, 15) is 4.79 Å². The zero-order valence-electron chi connectivity index (χ0n) is 16.7. The molecule has 0 fully saturated rings. The van der Waals surface area contributed by atoms with Crippen LogP contribution in [0.1, 0.15) is 45.4 Å². The Morgan fingerprint density at radius 2 is 1.83 bits per heavy atom. The lowest BCUT2D eigenvalue weighted by Crippen LogP contribution is -2.07. The summed E-state index contributed by atoms with van der Waals surface area (Å²) in [5.74, 6) is 1.04. The molecule has 3 rings (SSSR count). The number of hydrogen-bond acceptors (Lipinski definition) is 6. The molecule has 29 heavy (non-hydrogen) atoms. The number of anilines is 2. The molecule has 1 heterocycles. The van der Waals surface area contributed by atoms with E-state index in [1.54, 1.807) is 31.3 Å². The number of nitrogens with zero attached hydrogens (tertiary/aromatic N) is 3. The van der Waals surface area contributed by atoms with Crippen LogP contribution in [0.3, 0.4) is 0 Å². The van der Waals surface area contributed by atoms with Crippen LogP contribution < -0.4 is 5.32 Å². The van der Waals surface area contributed by atoms with Crippen LogP contribution in [0.25, 0.3) is 0 Å². The van der Waals surface area contributed by atoms with Crippen LogP contribution in [0.15, 0.2) is 48.7 Å². The fourth-order valence-corrected chi connectivity index (χ4v) is 3.05. The first-order valence-corrected chi connectivity index (χ1v) is 9.36. The van der Waals surface area contributed by atoms with Crippen LogP contribution in [0.2, 0.25) is 0 Å². The Hall–Kier alpha value is -3.72. The number of carbonyl (C=O) groups excluding carboxylic acids is 1. The van der Waals surface area contributed by atoms with Gasteiger partial charge in [0.2, 0.25) is 0 Å². The van der Waals surface area contributed by atoms with Gasteiger partial charge in [0.1, 0.15) is 11.6 Å². The normalized spacial score (nSPS) is 10.3. The second-order valence-corrected chi connectivity index (χ2v) is 6.67. The minimum Gasteiger partial charge on any atom is -0.462 e. The van der Waals surface area contributed by atoms with Crippen LogP contribution in [0.4, 0.5) is 11.5 Å². The number of nitriles is 1. The van der Waals surface area contributed by atoms with Crippen molar-refractivity contribution in [2.24, 2.45) is 0 Å². The zero-order valence-corrected chi connectivity index (χ0v) is 16.7. The number of esters is 1. The Balaban J connectivity index is 1.79. The summed E-state index contributed by atoms with van der Waals surface area (Å²) in [6.45, 7) is 6.02. The zero-order chi connectivity index (χ0) is 20.8. The first-order valence-electron chi connectivity index (χ1n) is 9.36. The van der Waals surface area contributed by atoms with E-state index < -0.39 is 0 Å². The van der Waals surface area contributed by atoms with Gasteiger partial charge in [0.15, 0.2) is 0 Å². The van der Waals surface area contributed by atoms with Crippen molar-refractivity contribution in [2.45, 2.75) is 27.2 Å². The van der Waals surface area contributed by atoms with E-state index in [4.69, 9.17) is 10.00 Å². The Labute approximate surface area is 170 Å². The van der Waals surface area contributed by atoms with Crippen molar-refractivity contribution in [2.75, 3.05) is 11.9 Å². The molecule has 0 aliphatic rings. The lowest BCUT2D eigenvalue weighted by atomic mass is 10.0. The molecule has 0 aliphatic carbocycles. The number of benzene rings is 2. The van der Waals surface area contributed by atoms with Gasteiger partial charge in [-0.15, -0.1) is 0 Å². The average Bonchev–Trinajstić information content (AvgIpc) is 2.71. The van der Waals surface area contributed by atoms with Gasteiger partial charge in [0, 0.05) is 18.3 Å². The summed E-state index contributed by atoms with van der Waals surface area (Å²) in [6.07, 6.45) is 2.28. The molecule has 1 aromatic heterocycles. The smallest absolute Gasteiger partial charge is 0.338 e. The van der Waals surface area contributed by atoms with E-state index in [-0.39, 0.29) is 5.97 Å². The molecule has 0 saturated heterocycles. The molecule has 0 amide bonds. The van der Waals surface area contributed by atoms with Gasteiger partial charge in [-0.25, -0.2) is 14.8 Å². The van der Waals surface area contributed by atoms with Crippen LogP contribution in [-0.2, 0) is 11.2 Å². The van der Waals surface area contributed by atoms with Gasteiger partial charge in [-0.2, -0.15) is 5.26 Å². The maximum atomic E-state index is 12.0. The quantitative estimate of drug-likeness (QED) is 0.629. The van der Waals surface area contributed by atoms with Gasteiger partial charge in [-0.3, -0.25) is 0 Å². The molecule has 1 N–H and O–H groups in total. The minimum atomic E-state index is -0.322. The maximum absolute atomic E-state index is 12.0. The lowest BCUT2D eigenvalue weighted by Gasteiger charge is -2.14.